The van der Waals surface area contributed by atoms with Gasteiger partial charge in [-0.1, -0.05) is 49.4 Å². The van der Waals surface area contributed by atoms with Gasteiger partial charge in [-0.3, -0.25) is 0 Å². The van der Waals surface area contributed by atoms with Gasteiger partial charge in [0.25, 0.3) is 0 Å². The van der Waals surface area contributed by atoms with E-state index in [4.69, 9.17) is 0 Å². The maximum atomic E-state index is 2.53. The minimum atomic E-state index is 0.512. The van der Waals surface area contributed by atoms with Crippen molar-refractivity contribution in [2.24, 2.45) is 0 Å². The van der Waals surface area contributed by atoms with Gasteiger partial charge in [0.2, 0.25) is 0 Å². The third-order valence-corrected chi connectivity index (χ3v) is 4.38. The highest BCUT2D eigenvalue weighted by Crippen LogP contribution is 2.34. The Morgan fingerprint density at radius 3 is 2.35 bits per heavy atom. The molecule has 1 aliphatic heterocycles. The topological polar surface area (TPSA) is 3.24 Å². The minimum absolute atomic E-state index is 0.512. The molecule has 0 spiro atoms. The minimum Gasteiger partial charge on any atom is -0.365 e. The number of benzene rings is 2. The lowest BCUT2D eigenvalue weighted by atomic mass is 9.87. The molecule has 0 fully saturated rings. The summed E-state index contributed by atoms with van der Waals surface area (Å²) < 4.78 is 0. The van der Waals surface area contributed by atoms with Crippen LogP contribution in [0.5, 0.6) is 0 Å². The Labute approximate surface area is 122 Å². The Bertz CT molecular complexity index is 600. The second-order valence-corrected chi connectivity index (χ2v) is 6.15. The molecule has 1 aliphatic rings. The Hall–Kier alpha value is -1.76. The fourth-order valence-corrected chi connectivity index (χ4v) is 3.29. The van der Waals surface area contributed by atoms with E-state index in [1.807, 2.05) is 0 Å². The molecule has 104 valence electrons. The third kappa shape index (κ3) is 2.33. The fourth-order valence-electron chi connectivity index (χ4n) is 3.29. The van der Waals surface area contributed by atoms with Crippen LogP contribution in [0.1, 0.15) is 43.4 Å². The van der Waals surface area contributed by atoms with E-state index in [0.717, 1.165) is 13.0 Å². The summed E-state index contributed by atoms with van der Waals surface area (Å²) in [6, 6.07) is 18.3. The van der Waals surface area contributed by atoms with Gasteiger partial charge in [0.05, 0.1) is 0 Å². The van der Waals surface area contributed by atoms with Crippen molar-refractivity contribution in [3.8, 4) is 0 Å². The molecule has 1 unspecified atom stereocenters. The van der Waals surface area contributed by atoms with Gasteiger partial charge in [-0.05, 0) is 48.9 Å². The lowest BCUT2D eigenvalue weighted by molar-refractivity contribution is 0.646. The predicted octanol–water partition coefficient (Wildman–Crippen LogP) is 4.76. The van der Waals surface area contributed by atoms with Crippen molar-refractivity contribution in [2.75, 3.05) is 4.90 Å². The second kappa shape index (κ2) is 5.32. The van der Waals surface area contributed by atoms with E-state index in [1.165, 1.54) is 22.4 Å². The van der Waals surface area contributed by atoms with Crippen molar-refractivity contribution < 1.29 is 0 Å². The van der Waals surface area contributed by atoms with Crippen LogP contribution in [0.4, 0.5) is 5.69 Å². The fraction of sp³-hybridized carbons (Fsp3) is 0.368. The summed E-state index contributed by atoms with van der Waals surface area (Å²) in [7, 11) is 0. The highest BCUT2D eigenvalue weighted by atomic mass is 15.2. The van der Waals surface area contributed by atoms with Crippen LogP contribution in [0.2, 0.25) is 0 Å². The molecule has 2 aromatic rings. The van der Waals surface area contributed by atoms with E-state index in [9.17, 15) is 0 Å². The highest BCUT2D eigenvalue weighted by Gasteiger charge is 2.22. The smallest absolute Gasteiger partial charge is 0.0435 e. The molecule has 1 atom stereocenters. The molecule has 1 heterocycles. The largest absolute Gasteiger partial charge is 0.365 e. The molecule has 0 amide bonds. The molecule has 0 aliphatic carbocycles. The first kappa shape index (κ1) is 13.2. The van der Waals surface area contributed by atoms with Crippen LogP contribution in [0.3, 0.4) is 0 Å². The number of rotatable bonds is 1. The van der Waals surface area contributed by atoms with Gasteiger partial charge in [-0.25, -0.2) is 0 Å². The molecule has 3 rings (SSSR count). The number of nitrogens with zero attached hydrogens (tertiary/aromatic N) is 1. The molecule has 0 aromatic heterocycles. The number of anilines is 1. The summed E-state index contributed by atoms with van der Waals surface area (Å²) in [5.74, 6) is 0.585. The van der Waals surface area contributed by atoms with E-state index >= 15 is 0 Å². The van der Waals surface area contributed by atoms with E-state index in [-0.39, 0.29) is 0 Å². The van der Waals surface area contributed by atoms with Crippen LogP contribution in [0, 0.1) is 0 Å². The van der Waals surface area contributed by atoms with Crippen LogP contribution in [-0.4, -0.2) is 6.04 Å². The Morgan fingerprint density at radius 1 is 0.950 bits per heavy atom. The van der Waals surface area contributed by atoms with Gasteiger partial charge in [-0.15, -0.1) is 0 Å². The lowest BCUT2D eigenvalue weighted by Crippen LogP contribution is -2.32. The molecule has 1 heteroatoms. The molecule has 0 radical (unpaired) electrons. The van der Waals surface area contributed by atoms with E-state index < -0.39 is 0 Å². The molecule has 20 heavy (non-hydrogen) atoms. The highest BCUT2D eigenvalue weighted by molar-refractivity contribution is 5.57. The quantitative estimate of drug-likeness (QED) is 0.718. The van der Waals surface area contributed by atoms with Crippen molar-refractivity contribution in [2.45, 2.75) is 45.7 Å². The van der Waals surface area contributed by atoms with Gasteiger partial charge in [0.15, 0.2) is 0 Å². The average Bonchev–Trinajstić information content (AvgIpc) is 2.44. The van der Waals surface area contributed by atoms with Gasteiger partial charge in [0.1, 0.15) is 0 Å². The first-order valence-corrected chi connectivity index (χ1v) is 7.59. The average molecular weight is 265 g/mol. The first-order chi connectivity index (χ1) is 9.66. The predicted molar refractivity (Wildman–Crippen MR) is 86.3 cm³/mol. The maximum absolute atomic E-state index is 2.53. The van der Waals surface area contributed by atoms with Crippen LogP contribution >= 0.6 is 0 Å². The van der Waals surface area contributed by atoms with E-state index in [2.05, 4.69) is 74.2 Å². The number of fused-ring (bicyclic) bond motifs is 2. The maximum Gasteiger partial charge on any atom is 0.0435 e. The Kier molecular flexibility index (Phi) is 3.52. The second-order valence-electron chi connectivity index (χ2n) is 6.15. The molecule has 0 N–H and O–H groups in total. The van der Waals surface area contributed by atoms with Crippen LogP contribution in [0.25, 0.3) is 0 Å². The number of hydrogen-bond acceptors (Lipinski definition) is 1. The van der Waals surface area contributed by atoms with Crippen molar-refractivity contribution in [3.05, 3.63) is 65.2 Å². The molecule has 0 bridgehead atoms. The van der Waals surface area contributed by atoms with Crippen molar-refractivity contribution in [1.82, 2.24) is 0 Å². The van der Waals surface area contributed by atoms with Crippen molar-refractivity contribution in [1.29, 1.82) is 0 Å². The van der Waals surface area contributed by atoms with Crippen molar-refractivity contribution >= 4 is 5.69 Å². The molecule has 2 aromatic carbocycles. The van der Waals surface area contributed by atoms with E-state index in [0.29, 0.717) is 12.0 Å². The number of para-hydroxylation sites is 1. The van der Waals surface area contributed by atoms with Crippen LogP contribution in [0.15, 0.2) is 48.5 Å². The van der Waals surface area contributed by atoms with Crippen LogP contribution < -0.4 is 4.90 Å². The summed E-state index contributed by atoms with van der Waals surface area (Å²) in [5.41, 5.74) is 5.86. The molecule has 0 saturated carbocycles. The van der Waals surface area contributed by atoms with Gasteiger partial charge >= 0.3 is 0 Å². The molecular formula is C19H23N. The Balaban J connectivity index is 2.12. The molecule has 1 nitrogen and oxygen atoms in total. The zero-order valence-electron chi connectivity index (χ0n) is 12.6. The Morgan fingerprint density at radius 2 is 1.60 bits per heavy atom. The zero-order valence-corrected chi connectivity index (χ0v) is 12.6. The van der Waals surface area contributed by atoms with Crippen molar-refractivity contribution in [3.63, 3.8) is 0 Å². The monoisotopic (exact) mass is 265 g/mol. The summed E-state index contributed by atoms with van der Waals surface area (Å²) in [6.07, 6.45) is 1.12. The zero-order chi connectivity index (χ0) is 14.1. The van der Waals surface area contributed by atoms with Gasteiger partial charge in [-0.2, -0.15) is 0 Å². The van der Waals surface area contributed by atoms with Crippen LogP contribution in [-0.2, 0) is 13.0 Å². The molecular weight excluding hydrogens is 242 g/mol. The summed E-state index contributed by atoms with van der Waals surface area (Å²) in [5, 5.41) is 0. The van der Waals surface area contributed by atoms with Gasteiger partial charge < -0.3 is 4.90 Å². The van der Waals surface area contributed by atoms with E-state index in [1.54, 1.807) is 0 Å². The SMILES string of the molecule is CC1Cc2ccccc2N(C(C)C)Cc2ccccc21. The summed E-state index contributed by atoms with van der Waals surface area (Å²) in [4.78, 5) is 2.53. The molecule has 0 saturated heterocycles. The summed E-state index contributed by atoms with van der Waals surface area (Å²) >= 11 is 0. The van der Waals surface area contributed by atoms with Gasteiger partial charge in [0, 0.05) is 18.3 Å². The first-order valence-electron chi connectivity index (χ1n) is 7.59. The third-order valence-electron chi connectivity index (χ3n) is 4.38. The standard InChI is InChI=1S/C19H23N/c1-14(2)20-13-17-9-4-6-10-18(17)15(3)12-16-8-5-7-11-19(16)20/h4-11,14-15H,12-13H2,1-3H3. The summed E-state index contributed by atoms with van der Waals surface area (Å²) in [6.45, 7) is 7.92. The normalized spacial score (nSPS) is 18.2. The number of hydrogen-bond donors (Lipinski definition) is 0. The lowest BCUT2D eigenvalue weighted by Gasteiger charge is -2.35.